The third-order valence-corrected chi connectivity index (χ3v) is 4.14. The fourth-order valence-corrected chi connectivity index (χ4v) is 2.88. The molecule has 2 aromatic carbocycles. The zero-order chi connectivity index (χ0) is 17.8. The second-order valence-corrected chi connectivity index (χ2v) is 5.80. The monoisotopic (exact) mass is 341 g/mol. The van der Waals surface area contributed by atoms with Gasteiger partial charge in [0, 0.05) is 11.3 Å². The van der Waals surface area contributed by atoms with Crippen LogP contribution in [0.3, 0.4) is 0 Å². The van der Waals surface area contributed by atoms with Crippen LogP contribution in [0.1, 0.15) is 12.8 Å². The Morgan fingerprint density at radius 2 is 1.88 bits per heavy atom. The minimum atomic E-state index is -1.03. The first kappa shape index (κ1) is 17.0. The van der Waals surface area contributed by atoms with E-state index in [-0.39, 0.29) is 5.91 Å². The Labute approximate surface area is 145 Å². The van der Waals surface area contributed by atoms with Crippen molar-refractivity contribution in [3.8, 4) is 16.9 Å². The van der Waals surface area contributed by atoms with E-state index in [9.17, 15) is 9.59 Å². The first-order valence-electron chi connectivity index (χ1n) is 8.01. The maximum absolute atomic E-state index is 12.3. The number of nitrogens with one attached hydrogen (secondary N) is 1. The molecule has 3 rings (SSSR count). The lowest BCUT2D eigenvalue weighted by molar-refractivity contribution is -0.150. The van der Waals surface area contributed by atoms with E-state index < -0.39 is 18.2 Å². The van der Waals surface area contributed by atoms with Gasteiger partial charge in [0.1, 0.15) is 11.9 Å². The van der Waals surface area contributed by atoms with Crippen LogP contribution in [0.2, 0.25) is 0 Å². The molecule has 6 heteroatoms. The van der Waals surface area contributed by atoms with Crippen LogP contribution in [-0.4, -0.2) is 36.3 Å². The van der Waals surface area contributed by atoms with Gasteiger partial charge >= 0.3 is 5.97 Å². The number of carboxylic acid groups (broad SMARTS) is 1. The molecule has 2 aromatic rings. The predicted octanol–water partition coefficient (Wildman–Crippen LogP) is 2.93. The quantitative estimate of drug-likeness (QED) is 0.873. The van der Waals surface area contributed by atoms with Crippen molar-refractivity contribution in [2.45, 2.75) is 25.0 Å². The molecule has 0 aliphatic carbocycles. The molecule has 130 valence electrons. The number of aliphatic carboxylic acids is 1. The molecule has 2 atom stereocenters. The molecule has 0 radical (unpaired) electrons. The summed E-state index contributed by atoms with van der Waals surface area (Å²) in [5.74, 6) is -0.621. The second kappa shape index (κ2) is 7.36. The van der Waals surface area contributed by atoms with Gasteiger partial charge in [-0.15, -0.1) is 0 Å². The lowest BCUT2D eigenvalue weighted by atomic mass is 10.0. The van der Waals surface area contributed by atoms with E-state index in [2.05, 4.69) is 5.32 Å². The van der Waals surface area contributed by atoms with E-state index in [0.717, 1.165) is 16.9 Å². The molecule has 1 fully saturated rings. The number of anilines is 1. The van der Waals surface area contributed by atoms with E-state index in [4.69, 9.17) is 14.6 Å². The number of ether oxygens (including phenoxy) is 2. The Kier molecular flexibility index (Phi) is 5.00. The number of methoxy groups -OCH3 is 1. The van der Waals surface area contributed by atoms with Gasteiger partial charge in [0.25, 0.3) is 5.91 Å². The Morgan fingerprint density at radius 1 is 1.12 bits per heavy atom. The van der Waals surface area contributed by atoms with Crippen molar-refractivity contribution in [1.29, 1.82) is 0 Å². The van der Waals surface area contributed by atoms with Crippen molar-refractivity contribution in [2.24, 2.45) is 0 Å². The zero-order valence-electron chi connectivity index (χ0n) is 13.8. The smallest absolute Gasteiger partial charge is 0.332 e. The van der Waals surface area contributed by atoms with Crippen molar-refractivity contribution in [3.63, 3.8) is 0 Å². The largest absolute Gasteiger partial charge is 0.496 e. The third kappa shape index (κ3) is 3.80. The lowest BCUT2D eigenvalue weighted by Gasteiger charge is -2.13. The summed E-state index contributed by atoms with van der Waals surface area (Å²) in [6.45, 7) is 0. The SMILES string of the molecule is COc1ccccc1-c1cccc(NC(=O)[C@@H]2CC[C@H](C(=O)O)O2)c1. The molecule has 1 aliphatic heterocycles. The van der Waals surface area contributed by atoms with Gasteiger partial charge in [0.2, 0.25) is 0 Å². The molecule has 0 spiro atoms. The molecule has 2 N–H and O–H groups in total. The van der Waals surface area contributed by atoms with Gasteiger partial charge in [-0.1, -0.05) is 30.3 Å². The van der Waals surface area contributed by atoms with E-state index in [1.165, 1.54) is 0 Å². The summed E-state index contributed by atoms with van der Waals surface area (Å²) in [6.07, 6.45) is -0.907. The molecular weight excluding hydrogens is 322 g/mol. The summed E-state index contributed by atoms with van der Waals surface area (Å²) in [5, 5.41) is 11.7. The molecule has 1 saturated heterocycles. The number of amides is 1. The first-order valence-corrected chi connectivity index (χ1v) is 8.01. The Balaban J connectivity index is 1.74. The van der Waals surface area contributed by atoms with Gasteiger partial charge in [0.15, 0.2) is 6.10 Å². The summed E-state index contributed by atoms with van der Waals surface area (Å²) in [6, 6.07) is 15.0. The maximum Gasteiger partial charge on any atom is 0.332 e. The van der Waals surface area contributed by atoms with Crippen molar-refractivity contribution in [3.05, 3.63) is 48.5 Å². The summed E-state index contributed by atoms with van der Waals surface area (Å²) >= 11 is 0. The molecule has 25 heavy (non-hydrogen) atoms. The molecule has 0 aromatic heterocycles. The molecule has 0 unspecified atom stereocenters. The third-order valence-electron chi connectivity index (χ3n) is 4.14. The second-order valence-electron chi connectivity index (χ2n) is 5.80. The highest BCUT2D eigenvalue weighted by Gasteiger charge is 2.34. The van der Waals surface area contributed by atoms with Crippen molar-refractivity contribution in [1.82, 2.24) is 0 Å². The van der Waals surface area contributed by atoms with Gasteiger partial charge in [-0.05, 0) is 36.6 Å². The summed E-state index contributed by atoms with van der Waals surface area (Å²) < 4.78 is 10.6. The van der Waals surface area contributed by atoms with E-state index in [0.29, 0.717) is 18.5 Å². The van der Waals surface area contributed by atoms with E-state index >= 15 is 0 Å². The predicted molar refractivity (Wildman–Crippen MR) is 92.6 cm³/mol. The molecule has 6 nitrogen and oxygen atoms in total. The minimum absolute atomic E-state index is 0.332. The number of para-hydroxylation sites is 1. The standard InChI is InChI=1S/C19H19NO5/c1-24-15-8-3-2-7-14(15)12-5-4-6-13(11-12)20-18(21)16-9-10-17(25-16)19(22)23/h2-8,11,16-17H,9-10H2,1H3,(H,20,21)(H,22,23)/t16-,17+/m0/s1. The van der Waals surface area contributed by atoms with Crippen LogP contribution in [0.15, 0.2) is 48.5 Å². The summed E-state index contributed by atoms with van der Waals surface area (Å²) in [4.78, 5) is 23.2. The van der Waals surface area contributed by atoms with Crippen molar-refractivity contribution in [2.75, 3.05) is 12.4 Å². The van der Waals surface area contributed by atoms with E-state index in [1.54, 1.807) is 13.2 Å². The molecule has 0 saturated carbocycles. The highest BCUT2D eigenvalue weighted by atomic mass is 16.5. The van der Waals surface area contributed by atoms with Gasteiger partial charge < -0.3 is 19.9 Å². The Morgan fingerprint density at radius 3 is 2.60 bits per heavy atom. The van der Waals surface area contributed by atoms with E-state index in [1.807, 2.05) is 42.5 Å². The molecule has 1 aliphatic rings. The lowest BCUT2D eigenvalue weighted by Crippen LogP contribution is -2.29. The van der Waals surface area contributed by atoms with Crippen LogP contribution < -0.4 is 10.1 Å². The number of carbonyl (C=O) groups excluding carboxylic acids is 1. The average Bonchev–Trinajstić information content (AvgIpc) is 3.12. The number of hydrogen-bond donors (Lipinski definition) is 2. The molecular formula is C19H19NO5. The first-order chi connectivity index (χ1) is 12.1. The highest BCUT2D eigenvalue weighted by Crippen LogP contribution is 2.31. The fraction of sp³-hybridized carbons (Fsp3) is 0.263. The van der Waals surface area contributed by atoms with Crippen LogP contribution in [-0.2, 0) is 14.3 Å². The fourth-order valence-electron chi connectivity index (χ4n) is 2.88. The topological polar surface area (TPSA) is 84.9 Å². The van der Waals surface area contributed by atoms with Gasteiger partial charge in [0.05, 0.1) is 7.11 Å². The van der Waals surface area contributed by atoms with Crippen LogP contribution in [0.4, 0.5) is 5.69 Å². The molecule has 0 bridgehead atoms. The van der Waals surface area contributed by atoms with Crippen LogP contribution in [0, 0.1) is 0 Å². The van der Waals surface area contributed by atoms with Crippen LogP contribution in [0.25, 0.3) is 11.1 Å². The van der Waals surface area contributed by atoms with Crippen LogP contribution >= 0.6 is 0 Å². The molecule has 1 heterocycles. The zero-order valence-corrected chi connectivity index (χ0v) is 13.8. The summed E-state index contributed by atoms with van der Waals surface area (Å²) in [5.41, 5.74) is 2.45. The van der Waals surface area contributed by atoms with Crippen LogP contribution in [0.5, 0.6) is 5.75 Å². The highest BCUT2D eigenvalue weighted by molar-refractivity contribution is 5.95. The maximum atomic E-state index is 12.3. The number of rotatable bonds is 5. The average molecular weight is 341 g/mol. The Hall–Kier alpha value is -2.86. The van der Waals surface area contributed by atoms with Gasteiger partial charge in [-0.2, -0.15) is 0 Å². The summed E-state index contributed by atoms with van der Waals surface area (Å²) in [7, 11) is 1.61. The molecule has 1 amide bonds. The number of hydrogen-bond acceptors (Lipinski definition) is 4. The van der Waals surface area contributed by atoms with Crippen molar-refractivity contribution >= 4 is 17.6 Å². The minimum Gasteiger partial charge on any atom is -0.496 e. The van der Waals surface area contributed by atoms with Gasteiger partial charge in [-0.3, -0.25) is 4.79 Å². The van der Waals surface area contributed by atoms with Gasteiger partial charge in [-0.25, -0.2) is 4.79 Å². The van der Waals surface area contributed by atoms with Crippen molar-refractivity contribution < 1.29 is 24.2 Å². The number of carbonyl (C=O) groups is 2. The normalized spacial score (nSPS) is 19.4. The number of benzene rings is 2. The number of carboxylic acids is 1. The Bertz CT molecular complexity index is 789.